The summed E-state index contributed by atoms with van der Waals surface area (Å²) in [7, 11) is 0. The summed E-state index contributed by atoms with van der Waals surface area (Å²) in [6.07, 6.45) is 3.63. The van der Waals surface area contributed by atoms with E-state index in [9.17, 15) is 4.79 Å². The van der Waals surface area contributed by atoms with Gasteiger partial charge in [0.25, 0.3) is 0 Å². The van der Waals surface area contributed by atoms with Crippen LogP contribution in [0, 0.1) is 13.8 Å². The van der Waals surface area contributed by atoms with Crippen LogP contribution in [0.5, 0.6) is 0 Å². The first kappa shape index (κ1) is 19.6. The maximum Gasteiger partial charge on any atom is 0.224 e. The first-order valence-electron chi connectivity index (χ1n) is 9.92. The van der Waals surface area contributed by atoms with Crippen LogP contribution in [-0.4, -0.2) is 38.5 Å². The van der Waals surface area contributed by atoms with Crippen molar-refractivity contribution < 1.29 is 4.79 Å². The average molecular weight is 400 g/mol. The van der Waals surface area contributed by atoms with Crippen LogP contribution in [-0.2, 0) is 11.2 Å². The number of nitrogens with zero attached hydrogens (tertiary/aromatic N) is 4. The Kier molecular flexibility index (Phi) is 5.70. The number of rotatable bonds is 7. The summed E-state index contributed by atoms with van der Waals surface area (Å²) >= 11 is 0. The second-order valence-electron chi connectivity index (χ2n) is 7.14. The van der Waals surface area contributed by atoms with Gasteiger partial charge in [-0.2, -0.15) is 0 Å². The highest BCUT2D eigenvalue weighted by Crippen LogP contribution is 2.19. The molecule has 2 N–H and O–H groups in total. The minimum absolute atomic E-state index is 0.000968. The Morgan fingerprint density at radius 3 is 2.67 bits per heavy atom. The van der Waals surface area contributed by atoms with Crippen molar-refractivity contribution in [1.29, 1.82) is 0 Å². The minimum Gasteiger partial charge on any atom is -0.368 e. The topological polar surface area (TPSA) is 84.7 Å². The molecule has 0 aliphatic carbocycles. The number of carbonyl (C=O) groups excluding carboxylic acids is 1. The lowest BCUT2D eigenvalue weighted by atomic mass is 10.0. The lowest BCUT2D eigenvalue weighted by Gasteiger charge is -2.10. The number of hydrogen-bond donors (Lipinski definition) is 2. The fourth-order valence-corrected chi connectivity index (χ4v) is 3.38. The van der Waals surface area contributed by atoms with Crippen LogP contribution in [0.1, 0.15) is 17.0 Å². The van der Waals surface area contributed by atoms with Gasteiger partial charge < -0.3 is 10.6 Å². The predicted octanol–water partition coefficient (Wildman–Crippen LogP) is 3.20. The zero-order chi connectivity index (χ0) is 20.9. The van der Waals surface area contributed by atoms with Crippen molar-refractivity contribution in [2.24, 2.45) is 0 Å². The number of aryl methyl sites for hydroxylation is 1. The van der Waals surface area contributed by atoms with Crippen molar-refractivity contribution in [3.63, 3.8) is 0 Å². The van der Waals surface area contributed by atoms with Crippen molar-refractivity contribution in [3.05, 3.63) is 78.1 Å². The monoisotopic (exact) mass is 400 g/mol. The van der Waals surface area contributed by atoms with E-state index >= 15 is 0 Å². The smallest absolute Gasteiger partial charge is 0.224 e. The molecule has 2 aromatic heterocycles. The van der Waals surface area contributed by atoms with E-state index in [0.717, 1.165) is 33.5 Å². The Morgan fingerprint density at radius 1 is 1.00 bits per heavy atom. The Morgan fingerprint density at radius 2 is 1.83 bits per heavy atom. The van der Waals surface area contributed by atoms with Gasteiger partial charge in [0.15, 0.2) is 0 Å². The van der Waals surface area contributed by atoms with Gasteiger partial charge in [-0.1, -0.05) is 42.5 Å². The van der Waals surface area contributed by atoms with Crippen molar-refractivity contribution >= 4 is 22.5 Å². The van der Waals surface area contributed by atoms with E-state index in [-0.39, 0.29) is 5.91 Å². The number of fused-ring (bicyclic) bond motifs is 1. The van der Waals surface area contributed by atoms with Crippen LogP contribution in [0.4, 0.5) is 5.82 Å². The number of carbonyl (C=O) groups is 1. The molecule has 0 atom stereocenters. The molecule has 4 rings (SSSR count). The van der Waals surface area contributed by atoms with Gasteiger partial charge in [-0.05, 0) is 30.2 Å². The second kappa shape index (κ2) is 8.73. The fraction of sp³-hybridized carbons (Fsp3) is 0.217. The van der Waals surface area contributed by atoms with E-state index in [1.165, 1.54) is 6.33 Å². The van der Waals surface area contributed by atoms with Gasteiger partial charge in [-0.3, -0.25) is 9.36 Å². The van der Waals surface area contributed by atoms with Crippen molar-refractivity contribution in [2.45, 2.75) is 20.3 Å². The van der Waals surface area contributed by atoms with E-state index in [2.05, 4.69) is 43.8 Å². The van der Waals surface area contributed by atoms with Crippen LogP contribution in [0.2, 0.25) is 0 Å². The summed E-state index contributed by atoms with van der Waals surface area (Å²) in [5.41, 5.74) is 3.04. The molecule has 0 unspecified atom stereocenters. The third kappa shape index (κ3) is 4.30. The fourth-order valence-electron chi connectivity index (χ4n) is 3.38. The quantitative estimate of drug-likeness (QED) is 0.466. The maximum atomic E-state index is 12.4. The summed E-state index contributed by atoms with van der Waals surface area (Å²) in [4.78, 5) is 25.2. The van der Waals surface area contributed by atoms with Gasteiger partial charge in [0, 0.05) is 24.8 Å². The molecule has 2 aromatic carbocycles. The molecule has 1 amide bonds. The number of anilines is 1. The van der Waals surface area contributed by atoms with Crippen LogP contribution < -0.4 is 10.6 Å². The van der Waals surface area contributed by atoms with E-state index in [1.807, 2.05) is 48.7 Å². The summed E-state index contributed by atoms with van der Waals surface area (Å²) in [5.74, 6) is 1.46. The van der Waals surface area contributed by atoms with Crippen molar-refractivity contribution in [2.75, 3.05) is 18.4 Å². The van der Waals surface area contributed by atoms with E-state index in [0.29, 0.717) is 25.3 Å². The molecule has 0 saturated heterocycles. The molecule has 30 heavy (non-hydrogen) atoms. The first-order valence-corrected chi connectivity index (χ1v) is 9.92. The lowest BCUT2D eigenvalue weighted by molar-refractivity contribution is -0.120. The zero-order valence-corrected chi connectivity index (χ0v) is 17.1. The van der Waals surface area contributed by atoms with E-state index in [1.54, 1.807) is 6.33 Å². The van der Waals surface area contributed by atoms with Gasteiger partial charge in [0.05, 0.1) is 12.1 Å². The number of benzene rings is 2. The third-order valence-electron chi connectivity index (χ3n) is 5.14. The Balaban J connectivity index is 1.30. The summed E-state index contributed by atoms with van der Waals surface area (Å²) in [6.45, 7) is 5.04. The Hall–Kier alpha value is -3.74. The van der Waals surface area contributed by atoms with Crippen LogP contribution in [0.3, 0.4) is 0 Å². The van der Waals surface area contributed by atoms with Crippen LogP contribution in [0.15, 0.2) is 61.2 Å². The van der Waals surface area contributed by atoms with Gasteiger partial charge in [0.2, 0.25) is 5.91 Å². The number of nitrogens with one attached hydrogen (secondary N) is 2. The highest BCUT2D eigenvalue weighted by molar-refractivity contribution is 5.90. The highest BCUT2D eigenvalue weighted by atomic mass is 16.1. The van der Waals surface area contributed by atoms with Crippen LogP contribution >= 0.6 is 0 Å². The third-order valence-corrected chi connectivity index (χ3v) is 5.14. The molecule has 4 aromatic rings. The molecule has 0 saturated carbocycles. The van der Waals surface area contributed by atoms with Gasteiger partial charge >= 0.3 is 0 Å². The summed E-state index contributed by atoms with van der Waals surface area (Å²) in [5, 5.41) is 8.46. The molecule has 7 nitrogen and oxygen atoms in total. The van der Waals surface area contributed by atoms with Crippen molar-refractivity contribution in [3.8, 4) is 5.82 Å². The Labute approximate surface area is 175 Å². The average Bonchev–Trinajstić information content (AvgIpc) is 3.10. The zero-order valence-electron chi connectivity index (χ0n) is 17.1. The maximum absolute atomic E-state index is 12.4. The molecule has 7 heteroatoms. The number of imidazole rings is 1. The number of aromatic nitrogens is 4. The van der Waals surface area contributed by atoms with Gasteiger partial charge in [0.1, 0.15) is 24.3 Å². The molecule has 152 valence electrons. The van der Waals surface area contributed by atoms with E-state index < -0.39 is 0 Å². The molecule has 0 bridgehead atoms. The SMILES string of the molecule is Cc1ncn(-c2cc(NCCNC(=O)Cc3cccc4ccccc34)ncn2)c1C. The standard InChI is InChI=1S/C23H24N6O/c1-16-17(2)29(15-28-16)22-13-21(26-14-27-22)24-10-11-25-23(30)12-19-8-5-7-18-6-3-4-9-20(18)19/h3-9,13-15H,10-12H2,1-2H3,(H,25,30)(H,24,26,27). The van der Waals surface area contributed by atoms with Crippen molar-refractivity contribution in [1.82, 2.24) is 24.8 Å². The molecular formula is C23H24N6O. The predicted molar refractivity (Wildman–Crippen MR) is 118 cm³/mol. The normalized spacial score (nSPS) is 10.9. The molecule has 0 spiro atoms. The highest BCUT2D eigenvalue weighted by Gasteiger charge is 2.08. The summed E-state index contributed by atoms with van der Waals surface area (Å²) in [6, 6.07) is 16.0. The summed E-state index contributed by atoms with van der Waals surface area (Å²) < 4.78 is 1.92. The Bertz CT molecular complexity index is 1180. The van der Waals surface area contributed by atoms with E-state index in [4.69, 9.17) is 0 Å². The minimum atomic E-state index is 0.000968. The molecule has 2 heterocycles. The second-order valence-corrected chi connectivity index (χ2v) is 7.14. The van der Waals surface area contributed by atoms with Gasteiger partial charge in [-0.25, -0.2) is 15.0 Å². The number of hydrogen-bond acceptors (Lipinski definition) is 5. The van der Waals surface area contributed by atoms with Crippen LogP contribution in [0.25, 0.3) is 16.6 Å². The molecule has 0 aliphatic rings. The molecule has 0 aliphatic heterocycles. The molecule has 0 radical (unpaired) electrons. The number of amides is 1. The molecule has 0 fully saturated rings. The van der Waals surface area contributed by atoms with Gasteiger partial charge in [-0.15, -0.1) is 0 Å². The molecular weight excluding hydrogens is 376 g/mol. The lowest BCUT2D eigenvalue weighted by Crippen LogP contribution is -2.30. The first-order chi connectivity index (χ1) is 14.6. The largest absolute Gasteiger partial charge is 0.368 e.